The van der Waals surface area contributed by atoms with Crippen LogP contribution in [0.15, 0.2) is 28.3 Å². The minimum absolute atomic E-state index is 0.0629. The molecular formula is C13H15N3OS. The number of thiazole rings is 1. The lowest BCUT2D eigenvalue weighted by molar-refractivity contribution is 0.497. The molecule has 0 fully saturated rings. The number of hydrogen-bond donors (Lipinski definition) is 1. The Labute approximate surface area is 109 Å². The highest BCUT2D eigenvalue weighted by molar-refractivity contribution is 7.15. The lowest BCUT2D eigenvalue weighted by Gasteiger charge is -2.08. The van der Waals surface area contributed by atoms with Gasteiger partial charge in [0.15, 0.2) is 4.96 Å². The van der Waals surface area contributed by atoms with Gasteiger partial charge in [-0.3, -0.25) is 4.40 Å². The molecule has 0 aromatic carbocycles. The van der Waals surface area contributed by atoms with Crippen molar-refractivity contribution >= 4 is 16.3 Å². The fourth-order valence-electron chi connectivity index (χ4n) is 2.23. The first-order chi connectivity index (χ1) is 8.63. The van der Waals surface area contributed by atoms with Gasteiger partial charge < -0.3 is 10.2 Å². The van der Waals surface area contributed by atoms with E-state index in [-0.39, 0.29) is 6.04 Å². The third-order valence-corrected chi connectivity index (χ3v) is 3.82. The van der Waals surface area contributed by atoms with Gasteiger partial charge in [0.05, 0.1) is 5.69 Å². The molecule has 0 saturated carbocycles. The van der Waals surface area contributed by atoms with Crippen LogP contribution >= 0.6 is 11.3 Å². The number of hydrogen-bond acceptors (Lipinski definition) is 4. The van der Waals surface area contributed by atoms with Crippen LogP contribution < -0.4 is 5.73 Å². The molecule has 0 aliphatic heterocycles. The second-order valence-electron chi connectivity index (χ2n) is 4.50. The Morgan fingerprint density at radius 2 is 2.33 bits per heavy atom. The standard InChI is InChI=1S/C13H15N3OS/c1-8-5-11(9(2)17-8)12(14)6-10-7-16-3-4-18-13(16)15-10/h3-5,7,12H,6,14H2,1-2H3. The van der Waals surface area contributed by atoms with Crippen molar-refractivity contribution in [2.45, 2.75) is 26.3 Å². The number of fused-ring (bicyclic) bond motifs is 1. The Balaban J connectivity index is 1.83. The van der Waals surface area contributed by atoms with E-state index in [1.165, 1.54) is 0 Å². The van der Waals surface area contributed by atoms with Gasteiger partial charge in [0.2, 0.25) is 0 Å². The summed E-state index contributed by atoms with van der Waals surface area (Å²) in [5.74, 6) is 1.81. The maximum absolute atomic E-state index is 6.23. The first-order valence-electron chi connectivity index (χ1n) is 5.87. The molecule has 0 amide bonds. The first-order valence-corrected chi connectivity index (χ1v) is 6.75. The quantitative estimate of drug-likeness (QED) is 0.788. The Hall–Kier alpha value is -1.59. The molecule has 5 heteroatoms. The number of furan rings is 1. The predicted molar refractivity (Wildman–Crippen MR) is 71.9 cm³/mol. The topological polar surface area (TPSA) is 56.5 Å². The monoisotopic (exact) mass is 261 g/mol. The highest BCUT2D eigenvalue weighted by Gasteiger charge is 2.15. The van der Waals surface area contributed by atoms with Crippen LogP contribution in [0.4, 0.5) is 0 Å². The third kappa shape index (κ3) is 1.95. The molecule has 1 atom stereocenters. The van der Waals surface area contributed by atoms with E-state index in [2.05, 4.69) is 4.98 Å². The van der Waals surface area contributed by atoms with Gasteiger partial charge in [-0.1, -0.05) is 0 Å². The number of imidazole rings is 1. The van der Waals surface area contributed by atoms with Gasteiger partial charge in [0.1, 0.15) is 11.5 Å². The molecule has 94 valence electrons. The van der Waals surface area contributed by atoms with E-state index in [0.717, 1.165) is 34.2 Å². The first kappa shape index (κ1) is 11.5. The van der Waals surface area contributed by atoms with Gasteiger partial charge in [-0.2, -0.15) is 0 Å². The summed E-state index contributed by atoms with van der Waals surface area (Å²) in [7, 11) is 0. The predicted octanol–water partition coefficient (Wildman–Crippen LogP) is 2.85. The van der Waals surface area contributed by atoms with Gasteiger partial charge >= 0.3 is 0 Å². The van der Waals surface area contributed by atoms with Crippen molar-refractivity contribution in [3.8, 4) is 0 Å². The zero-order valence-corrected chi connectivity index (χ0v) is 11.2. The van der Waals surface area contributed by atoms with Crippen LogP contribution in [0.3, 0.4) is 0 Å². The molecule has 3 aromatic heterocycles. The van der Waals surface area contributed by atoms with Crippen molar-refractivity contribution in [1.29, 1.82) is 0 Å². The van der Waals surface area contributed by atoms with Crippen LogP contribution in [0.1, 0.15) is 28.8 Å². The molecule has 3 aromatic rings. The van der Waals surface area contributed by atoms with Crippen molar-refractivity contribution < 1.29 is 4.42 Å². The molecular weight excluding hydrogens is 246 g/mol. The Kier molecular flexibility index (Phi) is 2.72. The van der Waals surface area contributed by atoms with E-state index >= 15 is 0 Å². The number of aryl methyl sites for hydroxylation is 2. The summed E-state index contributed by atoms with van der Waals surface area (Å²) >= 11 is 1.63. The number of nitrogens with zero attached hydrogens (tertiary/aromatic N) is 2. The average Bonchev–Trinajstić information content (AvgIpc) is 2.92. The summed E-state index contributed by atoms with van der Waals surface area (Å²) in [5.41, 5.74) is 8.32. The highest BCUT2D eigenvalue weighted by atomic mass is 32.1. The number of nitrogens with two attached hydrogens (primary N) is 1. The summed E-state index contributed by atoms with van der Waals surface area (Å²) < 4.78 is 7.54. The van der Waals surface area contributed by atoms with Gasteiger partial charge in [0, 0.05) is 35.8 Å². The van der Waals surface area contributed by atoms with E-state index in [9.17, 15) is 0 Å². The largest absolute Gasteiger partial charge is 0.466 e. The summed E-state index contributed by atoms with van der Waals surface area (Å²) in [6, 6.07) is 1.95. The lowest BCUT2D eigenvalue weighted by Crippen LogP contribution is -2.13. The van der Waals surface area contributed by atoms with Crippen molar-refractivity contribution in [2.24, 2.45) is 5.73 Å². The molecule has 0 radical (unpaired) electrons. The van der Waals surface area contributed by atoms with Crippen molar-refractivity contribution in [3.63, 3.8) is 0 Å². The Morgan fingerprint density at radius 3 is 3.00 bits per heavy atom. The van der Waals surface area contributed by atoms with Crippen molar-refractivity contribution in [3.05, 3.63) is 46.6 Å². The maximum Gasteiger partial charge on any atom is 0.193 e. The average molecular weight is 261 g/mol. The number of rotatable bonds is 3. The van der Waals surface area contributed by atoms with E-state index in [0.29, 0.717) is 0 Å². The molecule has 3 rings (SSSR count). The van der Waals surface area contributed by atoms with Gasteiger partial charge in [-0.25, -0.2) is 4.98 Å². The van der Waals surface area contributed by atoms with E-state index in [4.69, 9.17) is 10.2 Å². The zero-order valence-electron chi connectivity index (χ0n) is 10.4. The van der Waals surface area contributed by atoms with Gasteiger partial charge in [0.25, 0.3) is 0 Å². The molecule has 4 nitrogen and oxygen atoms in total. The highest BCUT2D eigenvalue weighted by Crippen LogP contribution is 2.23. The molecule has 2 N–H and O–H groups in total. The fraction of sp³-hybridized carbons (Fsp3) is 0.308. The summed E-state index contributed by atoms with van der Waals surface area (Å²) in [6.45, 7) is 3.89. The number of aromatic nitrogens is 2. The second-order valence-corrected chi connectivity index (χ2v) is 5.38. The van der Waals surface area contributed by atoms with E-state index in [1.807, 2.05) is 42.1 Å². The van der Waals surface area contributed by atoms with Crippen LogP contribution in [0.25, 0.3) is 4.96 Å². The Morgan fingerprint density at radius 1 is 1.50 bits per heavy atom. The molecule has 0 bridgehead atoms. The maximum atomic E-state index is 6.23. The van der Waals surface area contributed by atoms with Crippen LogP contribution in [0.5, 0.6) is 0 Å². The SMILES string of the molecule is Cc1cc(C(N)Cc2cn3ccsc3n2)c(C)o1. The summed E-state index contributed by atoms with van der Waals surface area (Å²) in [6.07, 6.45) is 4.78. The molecule has 1 unspecified atom stereocenters. The van der Waals surface area contributed by atoms with Crippen LogP contribution in [0.2, 0.25) is 0 Å². The van der Waals surface area contributed by atoms with Crippen LogP contribution in [-0.2, 0) is 6.42 Å². The molecule has 18 heavy (non-hydrogen) atoms. The Bertz CT molecular complexity index is 651. The molecule has 3 heterocycles. The summed E-state index contributed by atoms with van der Waals surface area (Å²) in [4.78, 5) is 5.56. The van der Waals surface area contributed by atoms with E-state index < -0.39 is 0 Å². The lowest BCUT2D eigenvalue weighted by atomic mass is 10.0. The fourth-order valence-corrected chi connectivity index (χ4v) is 2.95. The molecule has 0 saturated heterocycles. The minimum atomic E-state index is -0.0629. The van der Waals surface area contributed by atoms with E-state index in [1.54, 1.807) is 11.3 Å². The van der Waals surface area contributed by atoms with Crippen LogP contribution in [-0.4, -0.2) is 9.38 Å². The minimum Gasteiger partial charge on any atom is -0.466 e. The normalized spacial score (nSPS) is 13.3. The van der Waals surface area contributed by atoms with Crippen molar-refractivity contribution in [1.82, 2.24) is 9.38 Å². The van der Waals surface area contributed by atoms with Gasteiger partial charge in [-0.05, 0) is 19.9 Å². The molecule has 0 aliphatic carbocycles. The second kappa shape index (κ2) is 4.26. The molecule has 0 aliphatic rings. The van der Waals surface area contributed by atoms with Gasteiger partial charge in [-0.15, -0.1) is 11.3 Å². The third-order valence-electron chi connectivity index (χ3n) is 3.05. The summed E-state index contributed by atoms with van der Waals surface area (Å²) in [5, 5.41) is 2.02. The van der Waals surface area contributed by atoms with Crippen molar-refractivity contribution in [2.75, 3.05) is 0 Å². The zero-order chi connectivity index (χ0) is 12.7. The molecule has 0 spiro atoms. The smallest absolute Gasteiger partial charge is 0.193 e. The van der Waals surface area contributed by atoms with Crippen LogP contribution in [0, 0.1) is 13.8 Å².